The van der Waals surface area contributed by atoms with Crippen LogP contribution in [0.3, 0.4) is 0 Å². The maximum Gasteiger partial charge on any atom is 0.352 e. The smallest absolute Gasteiger partial charge is 0.352 e. The van der Waals surface area contributed by atoms with E-state index in [-0.39, 0.29) is 5.69 Å². The summed E-state index contributed by atoms with van der Waals surface area (Å²) >= 11 is 0. The Bertz CT molecular complexity index is 790. The number of aromatic nitrogens is 2. The van der Waals surface area contributed by atoms with Gasteiger partial charge in [-0.15, -0.1) is 0 Å². The molecule has 0 amide bonds. The lowest BCUT2D eigenvalue weighted by atomic mass is 10.1. The number of pyridine rings is 1. The van der Waals surface area contributed by atoms with Gasteiger partial charge in [0.25, 0.3) is 0 Å². The highest BCUT2D eigenvalue weighted by molar-refractivity contribution is 5.86. The highest BCUT2D eigenvalue weighted by atomic mass is 16.4. The fourth-order valence-corrected chi connectivity index (χ4v) is 2.38. The molecular formula is C16H14N2O2. The second-order valence-corrected chi connectivity index (χ2v) is 4.75. The molecule has 4 heteroatoms. The molecule has 1 aromatic carbocycles. The van der Waals surface area contributed by atoms with Gasteiger partial charge in [-0.1, -0.05) is 30.3 Å². The molecule has 0 fully saturated rings. The molecule has 0 aliphatic heterocycles. The van der Waals surface area contributed by atoms with Crippen LogP contribution >= 0.6 is 0 Å². The summed E-state index contributed by atoms with van der Waals surface area (Å²) in [5, 5.41) is 9.30. The molecule has 0 bridgehead atoms. The summed E-state index contributed by atoms with van der Waals surface area (Å²) < 4.78 is 1.70. The highest BCUT2D eigenvalue weighted by Gasteiger charge is 2.13. The van der Waals surface area contributed by atoms with Crippen LogP contribution in [0.1, 0.15) is 27.4 Å². The quantitative estimate of drug-likeness (QED) is 0.793. The molecule has 0 saturated carbocycles. The van der Waals surface area contributed by atoms with E-state index in [1.165, 1.54) is 5.56 Å². The molecule has 0 saturated heterocycles. The first kappa shape index (κ1) is 12.4. The molecule has 0 atom stereocenters. The second kappa shape index (κ2) is 4.81. The summed E-state index contributed by atoms with van der Waals surface area (Å²) in [6, 6.07) is 13.3. The minimum atomic E-state index is -0.945. The van der Waals surface area contributed by atoms with Crippen molar-refractivity contribution < 1.29 is 9.90 Å². The summed E-state index contributed by atoms with van der Waals surface area (Å²) in [6.07, 6.45) is 2.32. The van der Waals surface area contributed by atoms with E-state index < -0.39 is 5.97 Å². The van der Waals surface area contributed by atoms with E-state index in [1.807, 2.05) is 37.3 Å². The van der Waals surface area contributed by atoms with E-state index in [1.54, 1.807) is 22.7 Å². The lowest BCUT2D eigenvalue weighted by Gasteiger charge is -2.07. The van der Waals surface area contributed by atoms with Crippen LogP contribution in [0.2, 0.25) is 0 Å². The van der Waals surface area contributed by atoms with Crippen molar-refractivity contribution in [1.29, 1.82) is 0 Å². The fraction of sp³-hybridized carbons (Fsp3) is 0.125. The van der Waals surface area contributed by atoms with E-state index in [4.69, 9.17) is 0 Å². The van der Waals surface area contributed by atoms with Crippen LogP contribution in [-0.4, -0.2) is 20.5 Å². The zero-order valence-electron chi connectivity index (χ0n) is 11.1. The Morgan fingerprint density at radius 1 is 1.20 bits per heavy atom. The maximum absolute atomic E-state index is 11.3. The maximum atomic E-state index is 11.3. The van der Waals surface area contributed by atoms with Crippen LogP contribution in [0.5, 0.6) is 0 Å². The number of carboxylic acid groups (broad SMARTS) is 1. The molecule has 3 aromatic rings. The number of fused-ring (bicyclic) bond motifs is 1. The van der Waals surface area contributed by atoms with Crippen molar-refractivity contribution in [3.05, 3.63) is 71.3 Å². The second-order valence-electron chi connectivity index (χ2n) is 4.75. The molecule has 2 heterocycles. The molecule has 0 aliphatic rings. The van der Waals surface area contributed by atoms with Gasteiger partial charge >= 0.3 is 5.97 Å². The van der Waals surface area contributed by atoms with Crippen LogP contribution in [0, 0.1) is 6.92 Å². The Balaban J connectivity index is 2.13. The molecule has 0 spiro atoms. The lowest BCUT2D eigenvalue weighted by Crippen LogP contribution is -2.08. The first-order valence-electron chi connectivity index (χ1n) is 6.40. The van der Waals surface area contributed by atoms with E-state index in [0.29, 0.717) is 6.42 Å². The molecule has 3 rings (SSSR count). The third-order valence-corrected chi connectivity index (χ3v) is 3.45. The van der Waals surface area contributed by atoms with Crippen molar-refractivity contribution in [2.45, 2.75) is 13.3 Å². The van der Waals surface area contributed by atoms with Crippen molar-refractivity contribution in [2.24, 2.45) is 0 Å². The monoisotopic (exact) mass is 266 g/mol. The minimum absolute atomic E-state index is 0.239. The largest absolute Gasteiger partial charge is 0.477 e. The van der Waals surface area contributed by atoms with Crippen molar-refractivity contribution >= 4 is 11.5 Å². The average Bonchev–Trinajstić information content (AvgIpc) is 2.84. The Morgan fingerprint density at radius 2 is 2.00 bits per heavy atom. The SMILES string of the molecule is Cc1ccccc1Cc1ncc2cccc(C(=O)O)n12. The van der Waals surface area contributed by atoms with Gasteiger partial charge in [-0.2, -0.15) is 0 Å². The molecular weight excluding hydrogens is 252 g/mol. The Kier molecular flexibility index (Phi) is 2.99. The summed E-state index contributed by atoms with van der Waals surface area (Å²) in [6.45, 7) is 2.04. The van der Waals surface area contributed by atoms with Gasteiger partial charge in [0.15, 0.2) is 0 Å². The molecule has 20 heavy (non-hydrogen) atoms. The minimum Gasteiger partial charge on any atom is -0.477 e. The van der Waals surface area contributed by atoms with Crippen LogP contribution < -0.4 is 0 Å². The molecule has 100 valence electrons. The fourth-order valence-electron chi connectivity index (χ4n) is 2.38. The van der Waals surface area contributed by atoms with Gasteiger partial charge < -0.3 is 5.11 Å². The van der Waals surface area contributed by atoms with Gasteiger partial charge in [0.2, 0.25) is 0 Å². The number of nitrogens with zero attached hydrogens (tertiary/aromatic N) is 2. The number of imidazole rings is 1. The van der Waals surface area contributed by atoms with Gasteiger partial charge in [-0.3, -0.25) is 4.40 Å². The van der Waals surface area contributed by atoms with Crippen LogP contribution in [0.15, 0.2) is 48.7 Å². The third-order valence-electron chi connectivity index (χ3n) is 3.45. The number of hydrogen-bond acceptors (Lipinski definition) is 2. The van der Waals surface area contributed by atoms with Crippen molar-refractivity contribution in [2.75, 3.05) is 0 Å². The average molecular weight is 266 g/mol. The molecule has 0 radical (unpaired) electrons. The number of aromatic carboxylic acids is 1. The van der Waals surface area contributed by atoms with E-state index in [0.717, 1.165) is 16.9 Å². The standard InChI is InChI=1S/C16H14N2O2/c1-11-5-2-3-6-12(11)9-15-17-10-13-7-4-8-14(16(19)20)18(13)15/h2-8,10H,9H2,1H3,(H,19,20). The first-order valence-corrected chi connectivity index (χ1v) is 6.40. The van der Waals surface area contributed by atoms with Gasteiger partial charge in [-0.05, 0) is 30.2 Å². The third kappa shape index (κ3) is 2.05. The van der Waals surface area contributed by atoms with Gasteiger partial charge in [0, 0.05) is 6.42 Å². The predicted octanol–water partition coefficient (Wildman–Crippen LogP) is 2.93. The van der Waals surface area contributed by atoms with Crippen LogP contribution in [-0.2, 0) is 6.42 Å². The number of carbonyl (C=O) groups is 1. The van der Waals surface area contributed by atoms with Crippen molar-refractivity contribution in [1.82, 2.24) is 9.38 Å². The van der Waals surface area contributed by atoms with Crippen LogP contribution in [0.25, 0.3) is 5.52 Å². The van der Waals surface area contributed by atoms with E-state index in [9.17, 15) is 9.90 Å². The number of rotatable bonds is 3. The summed E-state index contributed by atoms with van der Waals surface area (Å²) in [5.41, 5.74) is 3.37. The number of hydrogen-bond donors (Lipinski definition) is 1. The summed E-state index contributed by atoms with van der Waals surface area (Å²) in [7, 11) is 0. The van der Waals surface area contributed by atoms with Gasteiger partial charge in [0.05, 0.1) is 11.7 Å². The predicted molar refractivity (Wildman–Crippen MR) is 76.1 cm³/mol. The number of benzene rings is 1. The molecule has 2 aromatic heterocycles. The van der Waals surface area contributed by atoms with Crippen molar-refractivity contribution in [3.8, 4) is 0 Å². The molecule has 4 nitrogen and oxygen atoms in total. The zero-order chi connectivity index (χ0) is 14.1. The van der Waals surface area contributed by atoms with Crippen LogP contribution in [0.4, 0.5) is 0 Å². The lowest BCUT2D eigenvalue weighted by molar-refractivity contribution is 0.0688. The normalized spacial score (nSPS) is 10.8. The topological polar surface area (TPSA) is 54.6 Å². The Morgan fingerprint density at radius 3 is 2.75 bits per heavy atom. The number of aryl methyl sites for hydroxylation is 1. The summed E-state index contributed by atoms with van der Waals surface area (Å²) in [4.78, 5) is 15.7. The number of carboxylic acids is 1. The van der Waals surface area contributed by atoms with Gasteiger partial charge in [-0.25, -0.2) is 9.78 Å². The highest BCUT2D eigenvalue weighted by Crippen LogP contribution is 2.16. The molecule has 0 aliphatic carbocycles. The molecule has 0 unspecified atom stereocenters. The zero-order valence-corrected chi connectivity index (χ0v) is 11.1. The summed E-state index contributed by atoms with van der Waals surface area (Å²) in [5.74, 6) is -0.202. The van der Waals surface area contributed by atoms with E-state index >= 15 is 0 Å². The Labute approximate surface area is 116 Å². The van der Waals surface area contributed by atoms with Gasteiger partial charge in [0.1, 0.15) is 11.5 Å². The first-order chi connectivity index (χ1) is 9.66. The molecule has 1 N–H and O–H groups in total. The Hall–Kier alpha value is -2.62. The van der Waals surface area contributed by atoms with E-state index in [2.05, 4.69) is 4.98 Å². The van der Waals surface area contributed by atoms with Crippen molar-refractivity contribution in [3.63, 3.8) is 0 Å².